The summed E-state index contributed by atoms with van der Waals surface area (Å²) < 4.78 is 25.2. The SMILES string of the molecule is Cc1cccc(Cl)c1C(CN)C(F)F. The van der Waals surface area contributed by atoms with E-state index in [2.05, 4.69) is 0 Å². The molecule has 0 aliphatic heterocycles. The largest absolute Gasteiger partial charge is 0.330 e. The van der Waals surface area contributed by atoms with Crippen LogP contribution in [0, 0.1) is 6.92 Å². The van der Waals surface area contributed by atoms with Gasteiger partial charge in [-0.05, 0) is 24.1 Å². The number of hydrogen-bond acceptors (Lipinski definition) is 1. The van der Waals surface area contributed by atoms with Gasteiger partial charge in [-0.2, -0.15) is 0 Å². The third kappa shape index (κ3) is 2.22. The minimum absolute atomic E-state index is 0.0950. The van der Waals surface area contributed by atoms with Crippen LogP contribution in [0.1, 0.15) is 17.0 Å². The van der Waals surface area contributed by atoms with Crippen LogP contribution in [0.25, 0.3) is 0 Å². The minimum Gasteiger partial charge on any atom is -0.330 e. The van der Waals surface area contributed by atoms with Gasteiger partial charge in [0, 0.05) is 11.6 Å². The van der Waals surface area contributed by atoms with Crippen molar-refractivity contribution in [3.63, 3.8) is 0 Å². The molecule has 0 saturated heterocycles. The summed E-state index contributed by atoms with van der Waals surface area (Å²) in [6.07, 6.45) is -2.47. The molecule has 4 heteroatoms. The van der Waals surface area contributed by atoms with Crippen molar-refractivity contribution in [2.24, 2.45) is 5.73 Å². The highest BCUT2D eigenvalue weighted by Gasteiger charge is 2.24. The van der Waals surface area contributed by atoms with E-state index in [1.807, 2.05) is 0 Å². The van der Waals surface area contributed by atoms with Crippen LogP contribution in [0.2, 0.25) is 5.02 Å². The average molecular weight is 220 g/mol. The molecular weight excluding hydrogens is 208 g/mol. The lowest BCUT2D eigenvalue weighted by molar-refractivity contribution is 0.117. The van der Waals surface area contributed by atoms with Gasteiger partial charge in [0.2, 0.25) is 6.43 Å². The predicted octanol–water partition coefficient (Wildman–Crippen LogP) is 2.96. The van der Waals surface area contributed by atoms with Crippen LogP contribution in [-0.4, -0.2) is 13.0 Å². The van der Waals surface area contributed by atoms with Crippen molar-refractivity contribution >= 4 is 11.6 Å². The van der Waals surface area contributed by atoms with Gasteiger partial charge in [-0.25, -0.2) is 8.78 Å². The normalized spacial score (nSPS) is 13.3. The summed E-state index contributed by atoms with van der Waals surface area (Å²) in [6, 6.07) is 5.10. The zero-order chi connectivity index (χ0) is 10.7. The highest BCUT2D eigenvalue weighted by molar-refractivity contribution is 6.31. The fourth-order valence-corrected chi connectivity index (χ4v) is 1.82. The molecule has 78 valence electrons. The van der Waals surface area contributed by atoms with Gasteiger partial charge in [0.15, 0.2) is 0 Å². The van der Waals surface area contributed by atoms with Gasteiger partial charge in [0.05, 0.1) is 5.92 Å². The molecule has 0 aliphatic carbocycles. The molecule has 1 nitrogen and oxygen atoms in total. The molecule has 14 heavy (non-hydrogen) atoms. The average Bonchev–Trinajstić information content (AvgIpc) is 2.10. The highest BCUT2D eigenvalue weighted by atomic mass is 35.5. The second-order valence-corrected chi connectivity index (χ2v) is 3.55. The first-order valence-corrected chi connectivity index (χ1v) is 4.69. The van der Waals surface area contributed by atoms with E-state index < -0.39 is 12.3 Å². The lowest BCUT2D eigenvalue weighted by atomic mass is 9.95. The molecule has 1 aromatic carbocycles. The Kier molecular flexibility index (Phi) is 3.84. The molecule has 0 heterocycles. The van der Waals surface area contributed by atoms with Crippen molar-refractivity contribution in [1.29, 1.82) is 0 Å². The van der Waals surface area contributed by atoms with Crippen LogP contribution < -0.4 is 5.73 Å². The van der Waals surface area contributed by atoms with Crippen molar-refractivity contribution in [1.82, 2.24) is 0 Å². The van der Waals surface area contributed by atoms with Gasteiger partial charge >= 0.3 is 0 Å². The first kappa shape index (κ1) is 11.4. The van der Waals surface area contributed by atoms with Crippen molar-refractivity contribution in [2.45, 2.75) is 19.3 Å². The van der Waals surface area contributed by atoms with E-state index in [0.717, 1.165) is 5.56 Å². The molecule has 1 atom stereocenters. The quantitative estimate of drug-likeness (QED) is 0.831. The summed E-state index contributed by atoms with van der Waals surface area (Å²) in [7, 11) is 0. The van der Waals surface area contributed by atoms with Gasteiger partial charge in [-0.1, -0.05) is 23.7 Å². The summed E-state index contributed by atoms with van der Waals surface area (Å²) in [4.78, 5) is 0. The van der Waals surface area contributed by atoms with Crippen molar-refractivity contribution in [2.75, 3.05) is 6.54 Å². The second-order valence-electron chi connectivity index (χ2n) is 3.15. The number of benzene rings is 1. The zero-order valence-electron chi connectivity index (χ0n) is 7.81. The van der Waals surface area contributed by atoms with Crippen molar-refractivity contribution < 1.29 is 8.78 Å². The molecule has 0 bridgehead atoms. The number of alkyl halides is 2. The summed E-state index contributed by atoms with van der Waals surface area (Å²) in [5.41, 5.74) is 6.53. The van der Waals surface area contributed by atoms with Crippen LogP contribution in [0.3, 0.4) is 0 Å². The van der Waals surface area contributed by atoms with E-state index in [4.69, 9.17) is 17.3 Å². The Labute approximate surface area is 86.9 Å². The van der Waals surface area contributed by atoms with Crippen molar-refractivity contribution in [3.8, 4) is 0 Å². The lowest BCUT2D eigenvalue weighted by Crippen LogP contribution is -2.20. The van der Waals surface area contributed by atoms with E-state index >= 15 is 0 Å². The van der Waals surface area contributed by atoms with E-state index in [-0.39, 0.29) is 6.54 Å². The molecule has 0 fully saturated rings. The zero-order valence-corrected chi connectivity index (χ0v) is 8.56. The molecule has 1 rings (SSSR count). The maximum Gasteiger partial charge on any atom is 0.246 e. The van der Waals surface area contributed by atoms with Crippen LogP contribution in [0.4, 0.5) is 8.78 Å². The predicted molar refractivity (Wildman–Crippen MR) is 54.0 cm³/mol. The Hall–Kier alpha value is -0.670. The molecule has 1 unspecified atom stereocenters. The number of aryl methyl sites for hydroxylation is 1. The highest BCUT2D eigenvalue weighted by Crippen LogP contribution is 2.31. The fraction of sp³-hybridized carbons (Fsp3) is 0.400. The first-order chi connectivity index (χ1) is 6.57. The maximum atomic E-state index is 12.6. The van der Waals surface area contributed by atoms with Gasteiger partial charge in [0.1, 0.15) is 0 Å². The molecule has 0 radical (unpaired) electrons. The van der Waals surface area contributed by atoms with Gasteiger partial charge in [-0.15, -0.1) is 0 Å². The molecular formula is C10H12ClF2N. The third-order valence-electron chi connectivity index (χ3n) is 2.20. The number of nitrogens with two attached hydrogens (primary N) is 1. The third-order valence-corrected chi connectivity index (χ3v) is 2.53. The number of rotatable bonds is 3. The summed E-state index contributed by atoms with van der Waals surface area (Å²) in [5, 5.41) is 0.362. The molecule has 0 aromatic heterocycles. The van der Waals surface area contributed by atoms with Gasteiger partial charge < -0.3 is 5.73 Å². The second kappa shape index (κ2) is 4.71. The molecule has 0 aliphatic rings. The Morgan fingerprint density at radius 1 is 1.43 bits per heavy atom. The van der Waals surface area contributed by atoms with Crippen LogP contribution >= 0.6 is 11.6 Å². The molecule has 0 saturated carbocycles. The van der Waals surface area contributed by atoms with Gasteiger partial charge in [0.25, 0.3) is 0 Å². The Morgan fingerprint density at radius 2 is 2.07 bits per heavy atom. The summed E-state index contributed by atoms with van der Waals surface area (Å²) in [5.74, 6) is -0.969. The Bertz CT molecular complexity index is 295. The first-order valence-electron chi connectivity index (χ1n) is 4.31. The van der Waals surface area contributed by atoms with E-state index in [0.29, 0.717) is 10.6 Å². The van der Waals surface area contributed by atoms with Gasteiger partial charge in [-0.3, -0.25) is 0 Å². The van der Waals surface area contributed by atoms with E-state index in [1.54, 1.807) is 25.1 Å². The van der Waals surface area contributed by atoms with Crippen LogP contribution in [-0.2, 0) is 0 Å². The maximum absolute atomic E-state index is 12.6. The number of halogens is 3. The fourth-order valence-electron chi connectivity index (χ4n) is 1.46. The Balaban J connectivity index is 3.15. The monoisotopic (exact) mass is 219 g/mol. The van der Waals surface area contributed by atoms with Crippen LogP contribution in [0.5, 0.6) is 0 Å². The minimum atomic E-state index is -2.47. The number of hydrogen-bond donors (Lipinski definition) is 1. The molecule has 0 amide bonds. The smallest absolute Gasteiger partial charge is 0.246 e. The molecule has 2 N–H and O–H groups in total. The van der Waals surface area contributed by atoms with Crippen molar-refractivity contribution in [3.05, 3.63) is 34.3 Å². The topological polar surface area (TPSA) is 26.0 Å². The molecule has 1 aromatic rings. The van der Waals surface area contributed by atoms with Crippen LogP contribution in [0.15, 0.2) is 18.2 Å². The lowest BCUT2D eigenvalue weighted by Gasteiger charge is -2.17. The van der Waals surface area contributed by atoms with E-state index in [1.165, 1.54) is 0 Å². The summed E-state index contributed by atoms with van der Waals surface area (Å²) in [6.45, 7) is 1.66. The molecule has 0 spiro atoms. The van der Waals surface area contributed by atoms with E-state index in [9.17, 15) is 8.78 Å². The Morgan fingerprint density at radius 3 is 2.50 bits per heavy atom. The summed E-state index contributed by atoms with van der Waals surface area (Å²) >= 11 is 5.86. The standard InChI is InChI=1S/C10H12ClF2N/c1-6-3-2-4-8(11)9(6)7(5-14)10(12)13/h2-4,7,10H,5,14H2,1H3.